The number of aromatic nitrogens is 2. The number of benzene rings is 2. The summed E-state index contributed by atoms with van der Waals surface area (Å²) >= 11 is 4.53. The monoisotopic (exact) mass is 460 g/mol. The van der Waals surface area contributed by atoms with Crippen molar-refractivity contribution in [1.29, 1.82) is 0 Å². The predicted octanol–water partition coefficient (Wildman–Crippen LogP) is 3.93. The summed E-state index contributed by atoms with van der Waals surface area (Å²) in [5.74, 6) is 0.225. The molecule has 0 fully saturated rings. The summed E-state index contributed by atoms with van der Waals surface area (Å²) in [4.78, 5) is 25.5. The number of hydrogen-bond acceptors (Lipinski definition) is 6. The normalized spacial score (nSPS) is 10.5. The van der Waals surface area contributed by atoms with Crippen LogP contribution in [0.5, 0.6) is 0 Å². The molecule has 0 aliphatic heterocycles. The van der Waals surface area contributed by atoms with Crippen LogP contribution in [0.1, 0.15) is 10.4 Å². The van der Waals surface area contributed by atoms with Crippen molar-refractivity contribution >= 4 is 45.2 Å². The minimum absolute atomic E-state index is 0.0913. The molecule has 2 amide bonds. The van der Waals surface area contributed by atoms with Crippen molar-refractivity contribution in [2.24, 2.45) is 0 Å². The molecule has 0 radical (unpaired) electrons. The van der Waals surface area contributed by atoms with E-state index in [0.717, 1.165) is 21.8 Å². The quantitative estimate of drug-likeness (QED) is 0.560. The average molecular weight is 461 g/mol. The van der Waals surface area contributed by atoms with Crippen LogP contribution < -0.4 is 5.32 Å². The smallest absolute Gasteiger partial charge is 0.277 e. The van der Waals surface area contributed by atoms with Gasteiger partial charge in [0.1, 0.15) is 0 Å². The summed E-state index contributed by atoms with van der Waals surface area (Å²) in [6.07, 6.45) is 0. The van der Waals surface area contributed by atoms with E-state index in [1.807, 2.05) is 24.3 Å². The minimum Gasteiger partial charge on any atom is -0.411 e. The van der Waals surface area contributed by atoms with Crippen LogP contribution in [-0.4, -0.2) is 46.8 Å². The topological polar surface area (TPSA) is 88.3 Å². The maximum atomic E-state index is 12.1. The molecule has 7 nitrogen and oxygen atoms in total. The Hall–Kier alpha value is -2.65. The molecule has 0 bridgehead atoms. The lowest BCUT2D eigenvalue weighted by atomic mass is 10.2. The van der Waals surface area contributed by atoms with Gasteiger partial charge in [-0.15, -0.1) is 10.2 Å². The molecule has 0 atom stereocenters. The fourth-order valence-electron chi connectivity index (χ4n) is 2.26. The molecular formula is C19H17BrN4O3S. The average Bonchev–Trinajstić information content (AvgIpc) is 3.16. The molecule has 3 rings (SSSR count). The first kappa shape index (κ1) is 20.1. The highest BCUT2D eigenvalue weighted by Crippen LogP contribution is 2.24. The van der Waals surface area contributed by atoms with Gasteiger partial charge in [0.2, 0.25) is 11.8 Å². The summed E-state index contributed by atoms with van der Waals surface area (Å²) in [5.41, 5.74) is 1.98. The van der Waals surface area contributed by atoms with Crippen molar-refractivity contribution in [3.05, 3.63) is 58.6 Å². The summed E-state index contributed by atoms with van der Waals surface area (Å²) in [5, 5.41) is 11.0. The molecule has 144 valence electrons. The Kier molecular flexibility index (Phi) is 6.48. The van der Waals surface area contributed by atoms with Crippen LogP contribution in [0, 0.1) is 0 Å². The Bertz CT molecular complexity index is 972. The van der Waals surface area contributed by atoms with Gasteiger partial charge in [0.25, 0.3) is 11.1 Å². The first-order valence-corrected chi connectivity index (χ1v) is 10.0. The van der Waals surface area contributed by atoms with E-state index >= 15 is 0 Å². The lowest BCUT2D eigenvalue weighted by Crippen LogP contribution is -2.21. The van der Waals surface area contributed by atoms with Crippen LogP contribution >= 0.6 is 27.7 Å². The molecule has 2 aromatic carbocycles. The second-order valence-corrected chi connectivity index (χ2v) is 7.84. The number of thioether (sulfide) groups is 1. The van der Waals surface area contributed by atoms with Gasteiger partial charge in [-0.25, -0.2) is 0 Å². The van der Waals surface area contributed by atoms with E-state index < -0.39 is 0 Å². The molecule has 0 aliphatic carbocycles. The van der Waals surface area contributed by atoms with E-state index in [-0.39, 0.29) is 17.6 Å². The predicted molar refractivity (Wildman–Crippen MR) is 111 cm³/mol. The zero-order valence-electron chi connectivity index (χ0n) is 15.2. The first-order valence-electron chi connectivity index (χ1n) is 8.26. The van der Waals surface area contributed by atoms with Crippen molar-refractivity contribution in [3.8, 4) is 11.5 Å². The Morgan fingerprint density at radius 2 is 1.75 bits per heavy atom. The van der Waals surface area contributed by atoms with Gasteiger partial charge in [0.15, 0.2) is 0 Å². The van der Waals surface area contributed by atoms with Crippen molar-refractivity contribution in [2.45, 2.75) is 5.22 Å². The second kappa shape index (κ2) is 9.03. The molecule has 0 aliphatic rings. The largest absolute Gasteiger partial charge is 0.411 e. The highest BCUT2D eigenvalue weighted by Gasteiger charge is 2.12. The maximum Gasteiger partial charge on any atom is 0.277 e. The van der Waals surface area contributed by atoms with Gasteiger partial charge in [0.05, 0.1) is 5.75 Å². The number of carbonyl (C=O) groups is 2. The maximum absolute atomic E-state index is 12.1. The summed E-state index contributed by atoms with van der Waals surface area (Å²) in [6.45, 7) is 0. The highest BCUT2D eigenvalue weighted by atomic mass is 79.9. The minimum atomic E-state index is -0.208. The fourth-order valence-corrected chi connectivity index (χ4v) is 3.08. The van der Waals surface area contributed by atoms with Crippen molar-refractivity contribution in [1.82, 2.24) is 15.1 Å². The standard InChI is InChI=1S/C19H17BrN4O3S/c1-24(2)18(26)13-5-9-15(10-6-13)21-16(25)11-28-19-23-22-17(27-19)12-3-7-14(20)8-4-12/h3-10H,11H2,1-2H3,(H,21,25). The van der Waals surface area contributed by atoms with Crippen LogP contribution in [0.15, 0.2) is 62.6 Å². The van der Waals surface area contributed by atoms with Crippen LogP contribution in [0.4, 0.5) is 5.69 Å². The third kappa shape index (κ3) is 5.20. The van der Waals surface area contributed by atoms with Crippen molar-refractivity contribution in [2.75, 3.05) is 25.2 Å². The van der Waals surface area contributed by atoms with Crippen LogP contribution in [-0.2, 0) is 4.79 Å². The lowest BCUT2D eigenvalue weighted by molar-refractivity contribution is -0.113. The molecule has 28 heavy (non-hydrogen) atoms. The zero-order valence-corrected chi connectivity index (χ0v) is 17.6. The Morgan fingerprint density at radius 3 is 2.39 bits per heavy atom. The van der Waals surface area contributed by atoms with Gasteiger partial charge in [-0.2, -0.15) is 0 Å². The van der Waals surface area contributed by atoms with Crippen molar-refractivity contribution in [3.63, 3.8) is 0 Å². The van der Waals surface area contributed by atoms with Gasteiger partial charge in [-0.3, -0.25) is 9.59 Å². The molecule has 0 saturated heterocycles. The number of carbonyl (C=O) groups excluding carboxylic acids is 2. The highest BCUT2D eigenvalue weighted by molar-refractivity contribution is 9.10. The number of amides is 2. The number of nitrogens with zero attached hydrogens (tertiary/aromatic N) is 3. The van der Waals surface area contributed by atoms with E-state index in [1.165, 1.54) is 4.90 Å². The summed E-state index contributed by atoms with van der Waals surface area (Å²) < 4.78 is 6.54. The van der Waals surface area contributed by atoms with E-state index in [9.17, 15) is 9.59 Å². The number of hydrogen-bond donors (Lipinski definition) is 1. The molecule has 3 aromatic rings. The lowest BCUT2D eigenvalue weighted by Gasteiger charge is -2.10. The molecule has 1 heterocycles. The molecule has 1 aromatic heterocycles. The number of rotatable bonds is 6. The molecular weight excluding hydrogens is 444 g/mol. The van der Waals surface area contributed by atoms with E-state index in [0.29, 0.717) is 22.4 Å². The third-order valence-electron chi connectivity index (χ3n) is 3.65. The van der Waals surface area contributed by atoms with E-state index in [4.69, 9.17) is 4.42 Å². The third-order valence-corrected chi connectivity index (χ3v) is 4.99. The van der Waals surface area contributed by atoms with Crippen molar-refractivity contribution < 1.29 is 14.0 Å². The number of anilines is 1. The summed E-state index contributed by atoms with van der Waals surface area (Å²) in [6, 6.07) is 14.2. The molecule has 0 saturated carbocycles. The van der Waals surface area contributed by atoms with Gasteiger partial charge in [0, 0.05) is 35.4 Å². The molecule has 0 unspecified atom stereocenters. The van der Waals surface area contributed by atoms with E-state index in [2.05, 4.69) is 31.4 Å². The van der Waals surface area contributed by atoms with Gasteiger partial charge in [-0.1, -0.05) is 27.7 Å². The second-order valence-electron chi connectivity index (χ2n) is 5.99. The van der Waals surface area contributed by atoms with Crippen LogP contribution in [0.25, 0.3) is 11.5 Å². The Balaban J connectivity index is 1.53. The SMILES string of the molecule is CN(C)C(=O)c1ccc(NC(=O)CSc2nnc(-c3ccc(Br)cc3)o2)cc1. The first-order chi connectivity index (χ1) is 13.4. The van der Waals surface area contributed by atoms with Crippen LogP contribution in [0.2, 0.25) is 0 Å². The number of nitrogens with one attached hydrogen (secondary N) is 1. The Morgan fingerprint density at radius 1 is 1.07 bits per heavy atom. The molecule has 0 spiro atoms. The number of halogens is 1. The van der Waals surface area contributed by atoms with Gasteiger partial charge in [-0.05, 0) is 48.5 Å². The fraction of sp³-hybridized carbons (Fsp3) is 0.158. The van der Waals surface area contributed by atoms with Gasteiger partial charge < -0.3 is 14.6 Å². The zero-order chi connectivity index (χ0) is 20.1. The molecule has 1 N–H and O–H groups in total. The van der Waals surface area contributed by atoms with Gasteiger partial charge >= 0.3 is 0 Å². The molecule has 9 heteroatoms. The summed E-state index contributed by atoms with van der Waals surface area (Å²) in [7, 11) is 3.38. The van der Waals surface area contributed by atoms with E-state index in [1.54, 1.807) is 38.4 Å². The van der Waals surface area contributed by atoms with Crippen LogP contribution in [0.3, 0.4) is 0 Å². The Labute approximate surface area is 174 Å².